The molecular weight excluding hydrogens is 961 g/mol. The largest absolute Gasteiger partial charge is 0.462 e. The van der Waals surface area contributed by atoms with Crippen LogP contribution in [0.4, 0.5) is 0 Å². The number of unbranched alkanes of at least 4 members (excludes halogenated alkanes) is 54. The van der Waals surface area contributed by atoms with Crippen LogP contribution in [0.15, 0.2) is 12.2 Å². The fourth-order valence-corrected chi connectivity index (χ4v) is 11.2. The van der Waals surface area contributed by atoms with Gasteiger partial charge < -0.3 is 14.2 Å². The summed E-state index contributed by atoms with van der Waals surface area (Å²) in [6.07, 6.45) is 80.9. The van der Waals surface area contributed by atoms with Crippen molar-refractivity contribution in [2.75, 3.05) is 13.2 Å². The first-order valence-corrected chi connectivity index (χ1v) is 35.7. The van der Waals surface area contributed by atoms with Crippen LogP contribution in [-0.2, 0) is 28.6 Å². The summed E-state index contributed by atoms with van der Waals surface area (Å²) >= 11 is 0. The number of rotatable bonds is 67. The van der Waals surface area contributed by atoms with E-state index in [0.29, 0.717) is 19.3 Å². The second kappa shape index (κ2) is 67.7. The fraction of sp³-hybridized carbons (Fsp3) is 0.931. The number of hydrogen-bond donors (Lipinski definition) is 0. The molecule has 0 heterocycles. The van der Waals surface area contributed by atoms with Gasteiger partial charge in [-0.3, -0.25) is 14.4 Å². The van der Waals surface area contributed by atoms with Gasteiger partial charge in [-0.1, -0.05) is 360 Å². The smallest absolute Gasteiger partial charge is 0.306 e. The van der Waals surface area contributed by atoms with E-state index in [1.165, 1.54) is 315 Å². The van der Waals surface area contributed by atoms with Crippen LogP contribution in [0.2, 0.25) is 0 Å². The highest BCUT2D eigenvalue weighted by molar-refractivity contribution is 5.71. The Kier molecular flexibility index (Phi) is 66.0. The summed E-state index contributed by atoms with van der Waals surface area (Å²) in [4.78, 5) is 38.5. The molecule has 0 aliphatic carbocycles. The summed E-state index contributed by atoms with van der Waals surface area (Å²) in [7, 11) is 0. The zero-order chi connectivity index (χ0) is 56.4. The lowest BCUT2D eigenvalue weighted by atomic mass is 10.0. The van der Waals surface area contributed by atoms with Gasteiger partial charge in [-0.15, -0.1) is 0 Å². The molecule has 0 aromatic carbocycles. The van der Waals surface area contributed by atoms with E-state index >= 15 is 0 Å². The summed E-state index contributed by atoms with van der Waals surface area (Å²) in [5.74, 6) is -0.824. The van der Waals surface area contributed by atoms with Crippen molar-refractivity contribution in [2.24, 2.45) is 0 Å². The van der Waals surface area contributed by atoms with Crippen LogP contribution in [-0.4, -0.2) is 37.2 Å². The lowest BCUT2D eigenvalue weighted by Gasteiger charge is -2.18. The number of ether oxygens (including phenoxy) is 3. The molecule has 462 valence electrons. The van der Waals surface area contributed by atoms with E-state index in [0.717, 1.165) is 57.8 Å². The number of carbonyl (C=O) groups is 3. The van der Waals surface area contributed by atoms with Crippen molar-refractivity contribution in [3.05, 3.63) is 12.2 Å². The van der Waals surface area contributed by atoms with Gasteiger partial charge in [0.25, 0.3) is 0 Å². The molecule has 1 atom stereocenters. The molecule has 1 unspecified atom stereocenters. The molecule has 0 fully saturated rings. The zero-order valence-electron chi connectivity index (χ0n) is 53.2. The number of esters is 3. The van der Waals surface area contributed by atoms with Crippen LogP contribution in [0.3, 0.4) is 0 Å². The topological polar surface area (TPSA) is 78.9 Å². The third-order valence-electron chi connectivity index (χ3n) is 16.5. The summed E-state index contributed by atoms with van der Waals surface area (Å²) < 4.78 is 17.0. The summed E-state index contributed by atoms with van der Waals surface area (Å²) in [6, 6.07) is 0. The van der Waals surface area contributed by atoms with Crippen molar-refractivity contribution in [2.45, 2.75) is 419 Å². The van der Waals surface area contributed by atoms with Gasteiger partial charge in [0.2, 0.25) is 0 Å². The Morgan fingerprint density at radius 3 is 0.641 bits per heavy atom. The maximum atomic E-state index is 12.9. The van der Waals surface area contributed by atoms with Gasteiger partial charge in [-0.05, 0) is 44.9 Å². The Labute approximate surface area is 488 Å². The summed E-state index contributed by atoms with van der Waals surface area (Å²) in [5, 5.41) is 0. The number of hydrogen-bond acceptors (Lipinski definition) is 6. The van der Waals surface area contributed by atoms with E-state index in [4.69, 9.17) is 14.2 Å². The Bertz CT molecular complexity index is 1210. The molecule has 0 radical (unpaired) electrons. The highest BCUT2D eigenvalue weighted by atomic mass is 16.6. The van der Waals surface area contributed by atoms with E-state index in [9.17, 15) is 14.4 Å². The quantitative estimate of drug-likeness (QED) is 0.0261. The maximum absolute atomic E-state index is 12.9. The average Bonchev–Trinajstić information content (AvgIpc) is 3.44. The first kappa shape index (κ1) is 76.1. The van der Waals surface area contributed by atoms with Crippen LogP contribution in [0.1, 0.15) is 412 Å². The standard InChI is InChI=1S/C72H138O6/c1-4-7-10-13-16-19-22-25-28-31-33-34-35-36-37-38-39-42-44-47-50-53-56-59-62-65-71(74)77-68-69(67-76-70(73)64-61-58-55-52-49-46-43-40-30-27-24-21-18-15-12-9-6-3)78-72(75)66-63-60-57-54-51-48-45-41-32-29-26-23-20-17-14-11-8-5-2/h31,33,69H,4-30,32,34-68H2,1-3H3/b33-31-. The summed E-state index contributed by atoms with van der Waals surface area (Å²) in [5.41, 5.74) is 0. The highest BCUT2D eigenvalue weighted by Crippen LogP contribution is 2.19. The van der Waals surface area contributed by atoms with Gasteiger partial charge in [0, 0.05) is 19.3 Å². The maximum Gasteiger partial charge on any atom is 0.306 e. The van der Waals surface area contributed by atoms with Crippen molar-refractivity contribution in [3.8, 4) is 0 Å². The van der Waals surface area contributed by atoms with Crippen molar-refractivity contribution >= 4 is 17.9 Å². The molecule has 0 aromatic rings. The first-order chi connectivity index (χ1) is 38.5. The predicted octanol–water partition coefficient (Wildman–Crippen LogP) is 24.4. The van der Waals surface area contributed by atoms with Crippen LogP contribution in [0, 0.1) is 0 Å². The minimum atomic E-state index is -0.766. The molecule has 0 aliphatic heterocycles. The Balaban J connectivity index is 4.25. The first-order valence-electron chi connectivity index (χ1n) is 35.7. The molecule has 6 nitrogen and oxygen atoms in total. The Hall–Kier alpha value is -1.85. The lowest BCUT2D eigenvalue weighted by molar-refractivity contribution is -0.167. The molecule has 6 heteroatoms. The SMILES string of the molecule is CCCCCCCCCC/C=C\CCCCCCCCCCCCCCCC(=O)OCC(COC(=O)CCCCCCCCCCCCCCCCCCC)OC(=O)CCCCCCCCCCCCCCCCCCCC. The second-order valence-electron chi connectivity index (χ2n) is 24.5. The Morgan fingerprint density at radius 2 is 0.423 bits per heavy atom. The molecule has 0 aromatic heterocycles. The van der Waals surface area contributed by atoms with E-state index in [1.54, 1.807) is 0 Å². The minimum absolute atomic E-state index is 0.0622. The normalized spacial score (nSPS) is 12.0. The minimum Gasteiger partial charge on any atom is -0.462 e. The molecule has 0 amide bonds. The van der Waals surface area contributed by atoms with Gasteiger partial charge in [0.05, 0.1) is 0 Å². The summed E-state index contributed by atoms with van der Waals surface area (Å²) in [6.45, 7) is 6.74. The zero-order valence-corrected chi connectivity index (χ0v) is 53.2. The fourth-order valence-electron chi connectivity index (χ4n) is 11.2. The van der Waals surface area contributed by atoms with Crippen molar-refractivity contribution < 1.29 is 28.6 Å². The second-order valence-corrected chi connectivity index (χ2v) is 24.5. The van der Waals surface area contributed by atoms with Crippen LogP contribution < -0.4 is 0 Å². The number of carbonyl (C=O) groups excluding carboxylic acids is 3. The number of allylic oxidation sites excluding steroid dienone is 2. The van der Waals surface area contributed by atoms with E-state index in [2.05, 4.69) is 32.9 Å². The van der Waals surface area contributed by atoms with Gasteiger partial charge in [-0.2, -0.15) is 0 Å². The van der Waals surface area contributed by atoms with Crippen LogP contribution >= 0.6 is 0 Å². The molecule has 78 heavy (non-hydrogen) atoms. The van der Waals surface area contributed by atoms with E-state index < -0.39 is 6.10 Å². The van der Waals surface area contributed by atoms with Crippen LogP contribution in [0.25, 0.3) is 0 Å². The third-order valence-corrected chi connectivity index (χ3v) is 16.5. The average molecular weight is 1100 g/mol. The molecule has 0 N–H and O–H groups in total. The lowest BCUT2D eigenvalue weighted by Crippen LogP contribution is -2.30. The van der Waals surface area contributed by atoms with Gasteiger partial charge >= 0.3 is 17.9 Å². The molecule has 0 saturated heterocycles. The van der Waals surface area contributed by atoms with E-state index in [-0.39, 0.29) is 31.1 Å². The predicted molar refractivity (Wildman–Crippen MR) is 340 cm³/mol. The van der Waals surface area contributed by atoms with E-state index in [1.807, 2.05) is 0 Å². The Morgan fingerprint density at radius 1 is 0.244 bits per heavy atom. The third kappa shape index (κ3) is 65.0. The van der Waals surface area contributed by atoms with Gasteiger partial charge in [0.15, 0.2) is 6.10 Å². The molecule has 0 bridgehead atoms. The molecule has 0 aliphatic rings. The van der Waals surface area contributed by atoms with Crippen LogP contribution in [0.5, 0.6) is 0 Å². The highest BCUT2D eigenvalue weighted by Gasteiger charge is 2.19. The van der Waals surface area contributed by atoms with Crippen molar-refractivity contribution in [1.82, 2.24) is 0 Å². The van der Waals surface area contributed by atoms with Gasteiger partial charge in [0.1, 0.15) is 13.2 Å². The molecular formula is C72H138O6. The van der Waals surface area contributed by atoms with Crippen molar-refractivity contribution in [1.29, 1.82) is 0 Å². The van der Waals surface area contributed by atoms with Gasteiger partial charge in [-0.25, -0.2) is 0 Å². The molecule has 0 spiro atoms. The van der Waals surface area contributed by atoms with Crippen molar-refractivity contribution in [3.63, 3.8) is 0 Å². The molecule has 0 rings (SSSR count). The molecule has 0 saturated carbocycles. The monoisotopic (exact) mass is 1100 g/mol.